The number of hydrogen-bond acceptors (Lipinski definition) is 13. The highest BCUT2D eigenvalue weighted by Crippen LogP contribution is 2.60. The van der Waals surface area contributed by atoms with Crippen LogP contribution in [0.25, 0.3) is 27.8 Å². The van der Waals surface area contributed by atoms with Gasteiger partial charge in [-0.3, -0.25) is 0 Å². The number of benzene rings is 8. The zero-order valence-electron chi connectivity index (χ0n) is 89.9. The first-order valence-corrected chi connectivity index (χ1v) is 53.7. The van der Waals surface area contributed by atoms with E-state index < -0.39 is 5.97 Å². The molecule has 4 heterocycles. The lowest BCUT2D eigenvalue weighted by Gasteiger charge is -2.47. The van der Waals surface area contributed by atoms with Crippen LogP contribution in [0.5, 0.6) is 69.0 Å². The summed E-state index contributed by atoms with van der Waals surface area (Å²) in [4.78, 5) is 11.9. The number of hydrogen-bond donors (Lipinski definition) is 9. The molecular formula is C127H172O14. The van der Waals surface area contributed by atoms with Crippen molar-refractivity contribution >= 4 is 11.5 Å². The van der Waals surface area contributed by atoms with E-state index in [0.29, 0.717) is 69.4 Å². The lowest BCUT2D eigenvalue weighted by Crippen LogP contribution is -2.45. The molecule has 0 saturated carbocycles. The maximum absolute atomic E-state index is 11.9. The maximum Gasteiger partial charge on any atom is 0.339 e. The van der Waals surface area contributed by atoms with Crippen LogP contribution in [0.3, 0.4) is 0 Å². The monoisotopic (exact) mass is 1920 g/mol. The number of aromatic hydroxyl groups is 8. The quantitative estimate of drug-likeness (QED) is 0.0157. The van der Waals surface area contributed by atoms with Gasteiger partial charge < -0.3 is 64.9 Å². The van der Waals surface area contributed by atoms with Gasteiger partial charge in [0.15, 0.2) is 0 Å². The number of aryl methyl sites for hydroxylation is 8. The molecule has 0 saturated heterocycles. The number of phenols is 8. The summed E-state index contributed by atoms with van der Waals surface area (Å²) in [5.41, 5.74) is 23.6. The zero-order valence-corrected chi connectivity index (χ0v) is 89.9. The van der Waals surface area contributed by atoms with Crippen molar-refractivity contribution in [1.82, 2.24) is 0 Å². The molecule has 0 radical (unpaired) electrons. The van der Waals surface area contributed by atoms with E-state index in [9.17, 15) is 50.8 Å². The summed E-state index contributed by atoms with van der Waals surface area (Å²) in [5.74, 6) is 6.08. The first-order valence-electron chi connectivity index (χ1n) is 53.7. The van der Waals surface area contributed by atoms with Crippen LogP contribution in [0.15, 0.2) is 168 Å². The number of allylic oxidation sites excluding steroid dienone is 10. The topological polar surface area (TPSA) is 236 Å². The molecule has 0 bridgehead atoms. The van der Waals surface area contributed by atoms with E-state index in [0.717, 1.165) is 224 Å². The summed E-state index contributed by atoms with van der Waals surface area (Å²) in [6.45, 7) is 55.1. The Morgan fingerprint density at radius 2 is 0.759 bits per heavy atom. The van der Waals surface area contributed by atoms with Crippen molar-refractivity contribution in [3.8, 4) is 91.2 Å². The Hall–Kier alpha value is -10.7. The Morgan fingerprint density at radius 3 is 1.21 bits per heavy atom. The maximum atomic E-state index is 11.9. The minimum absolute atomic E-state index is 0.00490. The summed E-state index contributed by atoms with van der Waals surface area (Å²) in [6.07, 6.45) is 43.6. The molecule has 141 heavy (non-hydrogen) atoms. The van der Waals surface area contributed by atoms with Crippen LogP contribution in [-0.2, 0) is 44.1 Å². The highest BCUT2D eigenvalue weighted by atomic mass is 16.5. The molecule has 9 N–H and O–H groups in total. The molecule has 0 unspecified atom stereocenters. The molecule has 8 aromatic carbocycles. The van der Waals surface area contributed by atoms with E-state index in [1.165, 1.54) is 103 Å². The Morgan fingerprint density at radius 1 is 0.383 bits per heavy atom. The van der Waals surface area contributed by atoms with Crippen molar-refractivity contribution in [3.63, 3.8) is 0 Å². The number of ether oxygens (including phenoxy) is 4. The van der Waals surface area contributed by atoms with Gasteiger partial charge in [0.05, 0.1) is 11.1 Å². The number of rotatable bonds is 29. The fourth-order valence-electron chi connectivity index (χ4n) is 23.3. The summed E-state index contributed by atoms with van der Waals surface area (Å²) >= 11 is 0. The smallest absolute Gasteiger partial charge is 0.339 e. The average molecular weight is 1920 g/mol. The summed E-state index contributed by atoms with van der Waals surface area (Å²) in [5, 5.41) is 94.8. The number of carboxylic acid groups (broad SMARTS) is 1. The van der Waals surface area contributed by atoms with Gasteiger partial charge in [0.2, 0.25) is 0 Å². The van der Waals surface area contributed by atoms with E-state index in [1.807, 2.05) is 75.4 Å². The molecule has 764 valence electrons. The van der Waals surface area contributed by atoms with Crippen molar-refractivity contribution in [1.29, 1.82) is 0 Å². The fourth-order valence-corrected chi connectivity index (χ4v) is 23.3. The van der Waals surface area contributed by atoms with Crippen LogP contribution >= 0.6 is 0 Å². The minimum atomic E-state index is -1.06. The van der Waals surface area contributed by atoms with Gasteiger partial charge >= 0.3 is 5.97 Å². The molecule has 4 aliphatic heterocycles. The molecule has 0 fully saturated rings. The minimum Gasteiger partial charge on any atom is -0.508 e. The largest absolute Gasteiger partial charge is 0.508 e. The lowest BCUT2D eigenvalue weighted by molar-refractivity contribution is 0.00744. The normalized spacial score (nSPS) is 20.1. The highest BCUT2D eigenvalue weighted by Gasteiger charge is 2.50. The number of carbonyl (C=O) groups is 1. The van der Waals surface area contributed by atoms with E-state index in [4.69, 9.17) is 18.9 Å². The molecule has 8 aliphatic rings. The molecule has 8 aromatic rings. The van der Waals surface area contributed by atoms with Gasteiger partial charge in [-0.2, -0.15) is 0 Å². The van der Waals surface area contributed by atoms with E-state index in [-0.39, 0.29) is 86.3 Å². The second-order valence-electron chi connectivity index (χ2n) is 44.5. The predicted octanol–water partition coefficient (Wildman–Crippen LogP) is 34.3. The van der Waals surface area contributed by atoms with Gasteiger partial charge in [-0.05, 0) is 362 Å². The fraction of sp³-hybridized carbons (Fsp3) is 0.520. The highest BCUT2D eigenvalue weighted by molar-refractivity contribution is 5.94. The number of phenolic OH excluding ortho intramolecular Hbond substituents is 7. The van der Waals surface area contributed by atoms with Crippen LogP contribution < -0.4 is 18.9 Å². The van der Waals surface area contributed by atoms with Crippen LogP contribution in [0.2, 0.25) is 0 Å². The molecular weight excluding hydrogens is 1750 g/mol. The Bertz CT molecular complexity index is 5780. The SMILES string of the molecule is C=C(C)[C@@H]1CCC(C)=C[C@H]1c1c(O)cc(CCCCC)cc1O.C=C(C)c1ccc(C)cc1-c1c(O)cc(CCCCC)cc1O.CCCCCc1cc(O)c2c(c1)OC(C)(C)[C@@H]1CC=C(C)C[C@@H]21.CCCCCc1cc(O)c2c(c1)OC(C)(C)[C@@H]1CCC(C)=C[C@@H]21.CCCCCc1cc(O)c2c(c1)OC(C)(C)c1ccc(C)cc1-2.CCCCCc1cc2c(c(O)c1C(=O)O)[C@@H]1C=C(C)CC[C@H]1C(C)(C)O2. The van der Waals surface area contributed by atoms with Gasteiger partial charge in [-0.15, -0.1) is 0 Å². The molecule has 0 spiro atoms. The van der Waals surface area contributed by atoms with Gasteiger partial charge in [0.25, 0.3) is 0 Å². The Balaban J connectivity index is 0.000000162. The summed E-state index contributed by atoms with van der Waals surface area (Å²) < 4.78 is 25.3. The second kappa shape index (κ2) is 49.0. The molecule has 0 aromatic heterocycles. The van der Waals surface area contributed by atoms with Crippen LogP contribution in [0, 0.1) is 37.5 Å². The summed E-state index contributed by atoms with van der Waals surface area (Å²) in [6, 6.07) is 33.7. The van der Waals surface area contributed by atoms with Gasteiger partial charge in [0, 0.05) is 69.2 Å². The van der Waals surface area contributed by atoms with Gasteiger partial charge in [-0.25, -0.2) is 4.79 Å². The van der Waals surface area contributed by atoms with E-state index in [2.05, 4.69) is 205 Å². The first kappa shape index (κ1) is 111. The van der Waals surface area contributed by atoms with Crippen LogP contribution in [-0.4, -0.2) is 68.7 Å². The number of unbranched alkanes of at least 4 members (excludes halogenated alkanes) is 12. The van der Waals surface area contributed by atoms with Crippen molar-refractivity contribution in [3.05, 3.63) is 252 Å². The van der Waals surface area contributed by atoms with Gasteiger partial charge in [-0.1, -0.05) is 237 Å². The van der Waals surface area contributed by atoms with Gasteiger partial charge in [0.1, 0.15) is 97.0 Å². The Kier molecular flexibility index (Phi) is 38.5. The lowest BCUT2D eigenvalue weighted by atomic mass is 9.67. The predicted molar refractivity (Wildman–Crippen MR) is 583 cm³/mol. The second-order valence-corrected chi connectivity index (χ2v) is 44.5. The molecule has 14 heteroatoms. The average Bonchev–Trinajstić information content (AvgIpc) is 0.737. The number of carboxylic acids is 1. The number of fused-ring (bicyclic) bond motifs is 12. The third-order valence-corrected chi connectivity index (χ3v) is 31.0. The molecule has 4 aliphatic carbocycles. The molecule has 0 amide bonds. The molecule has 14 nitrogen and oxygen atoms in total. The molecule has 8 atom stereocenters. The third-order valence-electron chi connectivity index (χ3n) is 31.0. The zero-order chi connectivity index (χ0) is 103. The van der Waals surface area contributed by atoms with E-state index >= 15 is 0 Å². The van der Waals surface area contributed by atoms with Crippen LogP contribution in [0.4, 0.5) is 0 Å². The Labute approximate surface area is 846 Å². The summed E-state index contributed by atoms with van der Waals surface area (Å²) in [7, 11) is 0. The van der Waals surface area contributed by atoms with E-state index in [1.54, 1.807) is 12.1 Å². The molecule has 16 rings (SSSR count). The third kappa shape index (κ3) is 27.2. The standard InChI is InChI=1S/C22H30O4.2C21H30O2.C21H26O2.C21H30O2.C21H26O2/c1-5-6-7-8-14-12-17-19(20(23)18(14)21(24)25)15-11-13(2)9-10-16(15)22(3,4)26-17;3*1-5-6-7-8-15-12-18(22)20-16-11-14(2)9-10-17(16)21(3,4)23-19(20)13-15;2*1-5-6-7-8-16-12-19(22)21(20(23)13-16)18-11-15(4)9-10-17(18)14(2)3/h11-12,15-16,23H,5-10H2,1-4H3,(H,24,25);11-13,16-17,22H,5-10H2,1-4H3;9,12-13,16-17,22H,5-8,10-11H2,1-4H3;9-13,22H,5-8H2,1-4H3;11-13,17-18,22-23H,2,5-10H2,1,3-4H3;9-13,22-23H,2,5-8H2,1,3-4H3/t15-,16-;2*16-,17-;;17-,18+;/m111.0./s1. The van der Waals surface area contributed by atoms with Crippen molar-refractivity contribution < 1.29 is 69.7 Å². The van der Waals surface area contributed by atoms with Crippen molar-refractivity contribution in [2.75, 3.05) is 0 Å². The van der Waals surface area contributed by atoms with Crippen molar-refractivity contribution in [2.24, 2.45) is 23.7 Å². The van der Waals surface area contributed by atoms with Crippen molar-refractivity contribution in [2.45, 2.75) is 404 Å². The first-order chi connectivity index (χ1) is 66.9. The number of aromatic carboxylic acids is 1. The van der Waals surface area contributed by atoms with Crippen LogP contribution in [0.1, 0.15) is 417 Å².